The van der Waals surface area contributed by atoms with E-state index in [0.717, 1.165) is 17.9 Å². The molecule has 0 aliphatic carbocycles. The molecule has 0 saturated carbocycles. The maximum atomic E-state index is 11.6. The Morgan fingerprint density at radius 2 is 1.78 bits per heavy atom. The molecule has 8 nitrogen and oxygen atoms in total. The van der Waals surface area contributed by atoms with E-state index in [1.807, 2.05) is 19.1 Å². The Morgan fingerprint density at radius 1 is 1.11 bits per heavy atom. The van der Waals surface area contributed by atoms with Crippen molar-refractivity contribution in [3.8, 4) is 0 Å². The largest absolute Gasteiger partial charge is 0.463 e. The summed E-state index contributed by atoms with van der Waals surface area (Å²) >= 11 is 1.46. The quantitative estimate of drug-likeness (QED) is 0.364. The molecule has 0 N–H and O–H groups in total. The van der Waals surface area contributed by atoms with Gasteiger partial charge in [0.15, 0.2) is 12.2 Å². The molecule has 1 saturated heterocycles. The summed E-state index contributed by atoms with van der Waals surface area (Å²) in [6.07, 6.45) is 3.12. The maximum absolute atomic E-state index is 11.6. The van der Waals surface area contributed by atoms with Crippen LogP contribution in [0.3, 0.4) is 0 Å². The van der Waals surface area contributed by atoms with Crippen LogP contribution < -0.4 is 0 Å². The first-order valence-corrected chi connectivity index (χ1v) is 9.67. The molecule has 9 heteroatoms. The van der Waals surface area contributed by atoms with E-state index in [2.05, 4.69) is 4.99 Å². The van der Waals surface area contributed by atoms with Gasteiger partial charge in [-0.3, -0.25) is 19.4 Å². The van der Waals surface area contributed by atoms with Crippen molar-refractivity contribution in [2.24, 2.45) is 4.99 Å². The van der Waals surface area contributed by atoms with Gasteiger partial charge in [0, 0.05) is 20.8 Å². The molecule has 0 bridgehead atoms. The number of esters is 3. The number of allylic oxidation sites excluding steroid dienone is 2. The van der Waals surface area contributed by atoms with Crippen LogP contribution in [-0.4, -0.2) is 59.3 Å². The van der Waals surface area contributed by atoms with Crippen LogP contribution in [0.15, 0.2) is 17.1 Å². The topological polar surface area (TPSA) is 100 Å². The Balaban J connectivity index is 2.24. The van der Waals surface area contributed by atoms with Gasteiger partial charge in [-0.15, -0.1) is 0 Å². The molecular formula is C18H25NO7S. The normalized spacial score (nSPS) is 29.8. The first kappa shape index (κ1) is 21.4. The smallest absolute Gasteiger partial charge is 0.303 e. The fourth-order valence-electron chi connectivity index (χ4n) is 2.95. The zero-order chi connectivity index (χ0) is 20.0. The van der Waals surface area contributed by atoms with E-state index in [1.165, 1.54) is 32.5 Å². The van der Waals surface area contributed by atoms with Gasteiger partial charge in [0.25, 0.3) is 0 Å². The molecule has 0 unspecified atom stereocenters. The number of carbonyl (C=O) groups excluding carboxylic acids is 3. The van der Waals surface area contributed by atoms with Crippen molar-refractivity contribution in [1.82, 2.24) is 0 Å². The number of hydrogen-bond donors (Lipinski definition) is 0. The van der Waals surface area contributed by atoms with E-state index >= 15 is 0 Å². The predicted octanol–water partition coefficient (Wildman–Crippen LogP) is 2.01. The average molecular weight is 399 g/mol. The van der Waals surface area contributed by atoms with Gasteiger partial charge in [-0.2, -0.15) is 0 Å². The minimum atomic E-state index is -0.911. The van der Waals surface area contributed by atoms with Gasteiger partial charge >= 0.3 is 17.9 Å². The zero-order valence-electron chi connectivity index (χ0n) is 15.9. The van der Waals surface area contributed by atoms with Crippen LogP contribution >= 0.6 is 11.8 Å². The van der Waals surface area contributed by atoms with E-state index in [0.29, 0.717) is 0 Å². The molecule has 2 rings (SSSR count). The van der Waals surface area contributed by atoms with Crippen molar-refractivity contribution in [2.45, 2.75) is 70.3 Å². The molecular weight excluding hydrogens is 374 g/mol. The summed E-state index contributed by atoms with van der Waals surface area (Å²) < 4.78 is 21.9. The summed E-state index contributed by atoms with van der Waals surface area (Å²) in [4.78, 5) is 39.1. The number of carbonyl (C=O) groups is 3. The number of ether oxygens (including phenoxy) is 4. The Morgan fingerprint density at radius 3 is 2.37 bits per heavy atom. The molecule has 150 valence electrons. The highest BCUT2D eigenvalue weighted by Gasteiger charge is 2.52. The summed E-state index contributed by atoms with van der Waals surface area (Å²) in [5.41, 5.74) is -0.401. The Bertz CT molecular complexity index is 633. The van der Waals surface area contributed by atoms with Gasteiger partial charge in [-0.1, -0.05) is 23.9 Å². The standard InChI is InChI=1S/C18H25NO7S/c1-5-6-7-8-14-19-15-17(25-12(4)22)16(24-11(3)21)13(9-23-10(2)20)26-18(15)27-14/h5-6,13,15-18H,7-9H2,1-4H3/t13-,15-,16-,17-,18-/m1/s1. The first-order chi connectivity index (χ1) is 12.8. The van der Waals surface area contributed by atoms with Crippen LogP contribution in [0.1, 0.15) is 40.5 Å². The molecule has 2 aliphatic heterocycles. The van der Waals surface area contributed by atoms with Gasteiger partial charge in [0.2, 0.25) is 0 Å². The highest BCUT2D eigenvalue weighted by Crippen LogP contribution is 2.40. The zero-order valence-corrected chi connectivity index (χ0v) is 16.7. The lowest BCUT2D eigenvalue weighted by molar-refractivity contribution is -0.208. The summed E-state index contributed by atoms with van der Waals surface area (Å²) in [7, 11) is 0. The number of thioether (sulfide) groups is 1. The fraction of sp³-hybridized carbons (Fsp3) is 0.667. The Kier molecular flexibility index (Phi) is 7.85. The second kappa shape index (κ2) is 9.89. The van der Waals surface area contributed by atoms with Gasteiger partial charge < -0.3 is 18.9 Å². The third-order valence-corrected chi connectivity index (χ3v) is 5.18. The summed E-state index contributed by atoms with van der Waals surface area (Å²) in [6, 6.07) is -0.488. The number of rotatable bonds is 7. The van der Waals surface area contributed by atoms with Gasteiger partial charge in [0.05, 0.1) is 5.04 Å². The molecule has 2 heterocycles. The van der Waals surface area contributed by atoms with E-state index < -0.39 is 47.7 Å². The number of hydrogen-bond acceptors (Lipinski definition) is 9. The Labute approximate surface area is 162 Å². The van der Waals surface area contributed by atoms with Crippen molar-refractivity contribution in [2.75, 3.05) is 6.61 Å². The van der Waals surface area contributed by atoms with Crippen molar-refractivity contribution in [3.05, 3.63) is 12.2 Å². The lowest BCUT2D eigenvalue weighted by Gasteiger charge is -2.41. The first-order valence-electron chi connectivity index (χ1n) is 8.79. The highest BCUT2D eigenvalue weighted by atomic mass is 32.2. The second-order valence-corrected chi connectivity index (χ2v) is 7.40. The molecule has 0 radical (unpaired) electrons. The average Bonchev–Trinajstić information content (AvgIpc) is 2.97. The third kappa shape index (κ3) is 6.07. The third-order valence-electron chi connectivity index (χ3n) is 3.98. The van der Waals surface area contributed by atoms with Crippen molar-refractivity contribution in [3.63, 3.8) is 0 Å². The van der Waals surface area contributed by atoms with Crippen LogP contribution in [0.25, 0.3) is 0 Å². The van der Waals surface area contributed by atoms with Crippen molar-refractivity contribution >= 4 is 34.7 Å². The van der Waals surface area contributed by atoms with E-state index in [9.17, 15) is 14.4 Å². The van der Waals surface area contributed by atoms with Crippen LogP contribution in [0.5, 0.6) is 0 Å². The molecule has 0 aromatic carbocycles. The fourth-order valence-corrected chi connectivity index (χ4v) is 4.19. The predicted molar refractivity (Wildman–Crippen MR) is 99.3 cm³/mol. The molecule has 5 atom stereocenters. The Hall–Kier alpha value is -1.87. The molecule has 0 spiro atoms. The highest BCUT2D eigenvalue weighted by molar-refractivity contribution is 8.14. The summed E-state index contributed by atoms with van der Waals surface area (Å²) in [5.74, 6) is -1.53. The lowest BCUT2D eigenvalue weighted by Crippen LogP contribution is -2.59. The SMILES string of the molecule is CC=CCCC1=N[C@@H]2[C@@H](OC(C)=O)[C@H](OC(C)=O)[C@@H](COC(C)=O)O[C@@H]2S1. The number of aliphatic imine (C=N–C) groups is 1. The van der Waals surface area contributed by atoms with Crippen LogP contribution in [-0.2, 0) is 33.3 Å². The minimum absolute atomic E-state index is 0.108. The van der Waals surface area contributed by atoms with E-state index in [-0.39, 0.29) is 6.61 Å². The van der Waals surface area contributed by atoms with Crippen LogP contribution in [0.2, 0.25) is 0 Å². The monoisotopic (exact) mass is 399 g/mol. The number of fused-ring (bicyclic) bond motifs is 1. The van der Waals surface area contributed by atoms with Crippen LogP contribution in [0.4, 0.5) is 0 Å². The van der Waals surface area contributed by atoms with Crippen molar-refractivity contribution < 1.29 is 33.3 Å². The molecule has 0 aromatic rings. The summed E-state index contributed by atoms with van der Waals surface area (Å²) in [5, 5.41) is 0.884. The van der Waals surface area contributed by atoms with Crippen molar-refractivity contribution in [1.29, 1.82) is 0 Å². The van der Waals surface area contributed by atoms with Crippen LogP contribution in [0, 0.1) is 0 Å². The van der Waals surface area contributed by atoms with Gasteiger partial charge in [-0.25, -0.2) is 0 Å². The molecule has 2 aliphatic rings. The van der Waals surface area contributed by atoms with Gasteiger partial charge in [-0.05, 0) is 19.8 Å². The molecule has 1 fully saturated rings. The maximum Gasteiger partial charge on any atom is 0.303 e. The number of nitrogens with zero attached hydrogens (tertiary/aromatic N) is 1. The summed E-state index contributed by atoms with van der Waals surface area (Å²) in [6.45, 7) is 5.67. The van der Waals surface area contributed by atoms with E-state index in [4.69, 9.17) is 18.9 Å². The molecule has 0 amide bonds. The molecule has 27 heavy (non-hydrogen) atoms. The second-order valence-electron chi connectivity index (χ2n) is 6.23. The minimum Gasteiger partial charge on any atom is -0.463 e. The lowest BCUT2D eigenvalue weighted by atomic mass is 9.97. The van der Waals surface area contributed by atoms with Gasteiger partial charge in [0.1, 0.15) is 24.2 Å². The molecule has 0 aromatic heterocycles. The van der Waals surface area contributed by atoms with E-state index in [1.54, 1.807) is 0 Å².